The largest absolute Gasteiger partial charge is 0.508 e. The fourth-order valence-electron chi connectivity index (χ4n) is 4.49. The van der Waals surface area contributed by atoms with Crippen LogP contribution in [0.5, 0.6) is 5.75 Å². The molecule has 2 rings (SSSR count). The second-order valence-corrected chi connectivity index (χ2v) is 11.5. The molecular formula is C30H44F3N9O10. The van der Waals surface area contributed by atoms with Crippen LogP contribution in [-0.2, 0) is 40.0 Å². The standard InChI is InChI=1S/C28H43N9O8.C2HF3O2/c1-15-23(41)36-21(14-22(39)40)27(45)37-20(13-16-7-9-17(38)10-8-16)26(44)35-18(5-2-3-11-29)25(43)34-19(24(42)33-15)6-4-12-32-28(30)31;3-2(4,5)1(6)7/h7-10,15,18-21,38H,2-6,11-14,29H2,1H3,(H,33,42)(H,34,43)(H,35,44)(H,36,41)(H,37,45)(H,39,40)(H4,30,31,32);(H,6,7)/t15-,18-,19-,20+,21-;/m0./s1. The maximum Gasteiger partial charge on any atom is 0.490 e. The first-order chi connectivity index (χ1) is 24.2. The average molecular weight is 748 g/mol. The molecule has 1 aliphatic heterocycles. The summed E-state index contributed by atoms with van der Waals surface area (Å²) in [6, 6.07) is -0.652. The molecule has 14 N–H and O–H groups in total. The first kappa shape index (κ1) is 44.4. The number of nitrogens with two attached hydrogens (primary N) is 3. The summed E-state index contributed by atoms with van der Waals surface area (Å²) < 4.78 is 31.7. The fourth-order valence-corrected chi connectivity index (χ4v) is 4.49. The Balaban J connectivity index is 0.00000174. The highest BCUT2D eigenvalue weighted by molar-refractivity contribution is 5.98. The van der Waals surface area contributed by atoms with Gasteiger partial charge in [-0.2, -0.15) is 13.2 Å². The van der Waals surface area contributed by atoms with Gasteiger partial charge in [-0.1, -0.05) is 12.1 Å². The quantitative estimate of drug-likeness (QED) is 0.0609. The van der Waals surface area contributed by atoms with Crippen molar-refractivity contribution in [2.45, 2.75) is 88.3 Å². The average Bonchev–Trinajstić information content (AvgIpc) is 3.04. The van der Waals surface area contributed by atoms with Gasteiger partial charge < -0.3 is 59.1 Å². The number of aromatic hydroxyl groups is 1. The Kier molecular flexibility index (Phi) is 18.4. The highest BCUT2D eigenvalue weighted by Crippen LogP contribution is 2.14. The van der Waals surface area contributed by atoms with E-state index < -0.39 is 84.3 Å². The predicted molar refractivity (Wildman–Crippen MR) is 176 cm³/mol. The number of aliphatic carboxylic acids is 2. The van der Waals surface area contributed by atoms with Gasteiger partial charge in [0.2, 0.25) is 29.5 Å². The van der Waals surface area contributed by atoms with E-state index in [0.29, 0.717) is 24.9 Å². The van der Waals surface area contributed by atoms with Crippen molar-refractivity contribution in [3.63, 3.8) is 0 Å². The summed E-state index contributed by atoms with van der Waals surface area (Å²) >= 11 is 0. The first-order valence-corrected chi connectivity index (χ1v) is 15.8. The van der Waals surface area contributed by atoms with Gasteiger partial charge in [0.15, 0.2) is 5.96 Å². The number of amides is 5. The number of nitrogens with zero attached hydrogens (tertiary/aromatic N) is 1. The second-order valence-electron chi connectivity index (χ2n) is 11.5. The van der Waals surface area contributed by atoms with Crippen molar-refractivity contribution >= 4 is 47.4 Å². The van der Waals surface area contributed by atoms with Crippen LogP contribution >= 0.6 is 0 Å². The monoisotopic (exact) mass is 747 g/mol. The molecule has 0 saturated carbocycles. The molecule has 52 heavy (non-hydrogen) atoms. The lowest BCUT2D eigenvalue weighted by Gasteiger charge is -2.26. The molecule has 1 fully saturated rings. The van der Waals surface area contributed by atoms with Crippen LogP contribution in [0.3, 0.4) is 0 Å². The van der Waals surface area contributed by atoms with Gasteiger partial charge in [-0.15, -0.1) is 0 Å². The van der Waals surface area contributed by atoms with Crippen LogP contribution in [-0.4, -0.2) is 112 Å². The molecule has 19 nitrogen and oxygen atoms in total. The number of hydrogen-bond donors (Lipinski definition) is 11. The maximum atomic E-state index is 13.6. The number of hydrogen-bond acceptors (Lipinski definition) is 10. The summed E-state index contributed by atoms with van der Waals surface area (Å²) in [5.74, 6) is -8.38. The second kappa shape index (κ2) is 21.5. The van der Waals surface area contributed by atoms with E-state index >= 15 is 0 Å². The number of halogens is 3. The molecule has 1 heterocycles. The van der Waals surface area contributed by atoms with E-state index in [1.54, 1.807) is 0 Å². The number of guanidine groups is 1. The van der Waals surface area contributed by atoms with Crippen molar-refractivity contribution in [1.29, 1.82) is 0 Å². The lowest BCUT2D eigenvalue weighted by atomic mass is 10.0. The van der Waals surface area contributed by atoms with E-state index in [9.17, 15) is 52.2 Å². The molecular weight excluding hydrogens is 703 g/mol. The molecule has 5 atom stereocenters. The number of carbonyl (C=O) groups excluding carboxylic acids is 5. The van der Waals surface area contributed by atoms with Crippen LogP contribution in [0.1, 0.15) is 51.0 Å². The third-order valence-electron chi connectivity index (χ3n) is 7.17. The minimum atomic E-state index is -5.08. The van der Waals surface area contributed by atoms with Crippen LogP contribution in [0.25, 0.3) is 0 Å². The van der Waals surface area contributed by atoms with E-state index in [-0.39, 0.29) is 43.9 Å². The molecule has 0 radical (unpaired) electrons. The summed E-state index contributed by atoms with van der Waals surface area (Å²) in [5, 5.41) is 38.8. The number of alkyl halides is 3. The molecule has 1 aliphatic rings. The maximum absolute atomic E-state index is 13.6. The third-order valence-corrected chi connectivity index (χ3v) is 7.17. The summed E-state index contributed by atoms with van der Waals surface area (Å²) in [6.45, 7) is 1.81. The van der Waals surface area contributed by atoms with Gasteiger partial charge in [0, 0.05) is 13.0 Å². The molecule has 1 saturated heterocycles. The van der Waals surface area contributed by atoms with Crippen LogP contribution in [0, 0.1) is 0 Å². The van der Waals surface area contributed by atoms with Crippen molar-refractivity contribution < 1.29 is 62.1 Å². The number of phenols is 1. The van der Waals surface area contributed by atoms with Gasteiger partial charge in [0.25, 0.3) is 0 Å². The van der Waals surface area contributed by atoms with Gasteiger partial charge >= 0.3 is 18.1 Å². The summed E-state index contributed by atoms with van der Waals surface area (Å²) in [7, 11) is 0. The molecule has 22 heteroatoms. The summed E-state index contributed by atoms with van der Waals surface area (Å²) in [5.41, 5.74) is 16.9. The van der Waals surface area contributed by atoms with Gasteiger partial charge in [0.1, 0.15) is 36.0 Å². The number of carbonyl (C=O) groups is 7. The van der Waals surface area contributed by atoms with Crippen molar-refractivity contribution in [3.8, 4) is 5.75 Å². The van der Waals surface area contributed by atoms with E-state index in [4.69, 9.17) is 27.1 Å². The highest BCUT2D eigenvalue weighted by Gasteiger charge is 2.38. The molecule has 1 aromatic rings. The molecule has 0 unspecified atom stereocenters. The van der Waals surface area contributed by atoms with E-state index in [2.05, 4.69) is 31.6 Å². The topological polar surface area (TPSA) is 331 Å². The van der Waals surface area contributed by atoms with Crippen LogP contribution < -0.4 is 43.8 Å². The van der Waals surface area contributed by atoms with Crippen LogP contribution in [0.2, 0.25) is 0 Å². The lowest BCUT2D eigenvalue weighted by molar-refractivity contribution is -0.192. The number of phenolic OH excluding ortho intramolecular Hbond substituents is 1. The van der Waals surface area contributed by atoms with Crippen molar-refractivity contribution in [2.24, 2.45) is 22.2 Å². The minimum Gasteiger partial charge on any atom is -0.508 e. The van der Waals surface area contributed by atoms with Gasteiger partial charge in [-0.25, -0.2) is 4.79 Å². The Morgan fingerprint density at radius 3 is 1.71 bits per heavy atom. The smallest absolute Gasteiger partial charge is 0.490 e. The Morgan fingerprint density at radius 2 is 1.21 bits per heavy atom. The van der Waals surface area contributed by atoms with Gasteiger partial charge in [0.05, 0.1) is 6.42 Å². The summed E-state index contributed by atoms with van der Waals surface area (Å²) in [6.07, 6.45) is -4.53. The van der Waals surface area contributed by atoms with Crippen LogP contribution in [0.4, 0.5) is 13.2 Å². The molecule has 0 spiro atoms. The molecule has 0 aliphatic carbocycles. The number of carboxylic acids is 2. The molecule has 290 valence electrons. The SMILES string of the molecule is C[C@@H]1NC(=O)[C@H](CCCN=C(N)N)NC(=O)[C@H](CCCCN)NC(=O)[C@@H](Cc2ccc(O)cc2)NC(=O)[C@H](CC(=O)O)NC1=O.O=C(O)C(F)(F)F. The Morgan fingerprint density at radius 1 is 0.750 bits per heavy atom. The highest BCUT2D eigenvalue weighted by atomic mass is 19.4. The molecule has 5 amide bonds. The van der Waals surface area contributed by atoms with Gasteiger partial charge in [-0.3, -0.25) is 33.8 Å². The summed E-state index contributed by atoms with van der Waals surface area (Å²) in [4.78, 5) is 91.0. The van der Waals surface area contributed by atoms with Crippen LogP contribution in [0.15, 0.2) is 29.3 Å². The van der Waals surface area contributed by atoms with Gasteiger partial charge in [-0.05, 0) is 63.3 Å². The van der Waals surface area contributed by atoms with Crippen molar-refractivity contribution in [2.75, 3.05) is 13.1 Å². The van der Waals surface area contributed by atoms with Crippen molar-refractivity contribution in [3.05, 3.63) is 29.8 Å². The Hall–Kier alpha value is -5.67. The first-order valence-electron chi connectivity index (χ1n) is 15.8. The Bertz CT molecular complexity index is 1440. The Labute approximate surface area is 295 Å². The number of benzene rings is 1. The van der Waals surface area contributed by atoms with E-state index in [1.807, 2.05) is 0 Å². The minimum absolute atomic E-state index is 0.0275. The number of carboxylic acid groups (broad SMARTS) is 2. The normalized spacial score (nSPS) is 21.6. The van der Waals surface area contributed by atoms with Crippen molar-refractivity contribution in [1.82, 2.24) is 26.6 Å². The molecule has 1 aromatic carbocycles. The predicted octanol–water partition coefficient (Wildman–Crippen LogP) is -2.32. The lowest BCUT2D eigenvalue weighted by Crippen LogP contribution is -2.58. The third kappa shape index (κ3) is 16.8. The van der Waals surface area contributed by atoms with E-state index in [0.717, 1.165) is 0 Å². The number of nitrogens with one attached hydrogen (secondary N) is 5. The fraction of sp³-hybridized carbons (Fsp3) is 0.533. The molecule has 0 bridgehead atoms. The number of rotatable bonds is 12. The zero-order chi connectivity index (χ0) is 39.6. The zero-order valence-electron chi connectivity index (χ0n) is 28.1. The zero-order valence-corrected chi connectivity index (χ0v) is 28.1. The van der Waals surface area contributed by atoms with E-state index in [1.165, 1.54) is 31.2 Å². The number of aliphatic imine (C=N–C) groups is 1. The molecule has 0 aromatic heterocycles. The number of unbranched alkanes of at least 4 members (excludes halogenated alkanes) is 1.